The molecule has 0 saturated heterocycles. The monoisotopic (exact) mass is 221 g/mol. The van der Waals surface area contributed by atoms with E-state index in [-0.39, 0.29) is 11.4 Å². The number of hydrogen-bond donors (Lipinski definition) is 0. The SMILES string of the molecule is Cc1ccn(-c2ccc(F)cc2[N+](=O)[O-])n1. The number of nitro benzene ring substituents is 1. The molecule has 1 aromatic heterocycles. The van der Waals surface area contributed by atoms with Gasteiger partial charge >= 0.3 is 0 Å². The van der Waals surface area contributed by atoms with Gasteiger partial charge in [0.1, 0.15) is 11.5 Å². The average Bonchev–Trinajstić information content (AvgIpc) is 2.64. The van der Waals surface area contributed by atoms with Gasteiger partial charge in [0.25, 0.3) is 5.69 Å². The molecule has 0 amide bonds. The Labute approximate surface area is 90.3 Å². The lowest BCUT2D eigenvalue weighted by molar-refractivity contribution is -0.384. The zero-order valence-electron chi connectivity index (χ0n) is 8.42. The first-order chi connectivity index (χ1) is 7.58. The number of aromatic nitrogens is 2. The summed E-state index contributed by atoms with van der Waals surface area (Å²) in [7, 11) is 0. The summed E-state index contributed by atoms with van der Waals surface area (Å²) >= 11 is 0. The summed E-state index contributed by atoms with van der Waals surface area (Å²) in [5.41, 5.74) is 0.682. The molecule has 0 spiro atoms. The fourth-order valence-electron chi connectivity index (χ4n) is 1.39. The highest BCUT2D eigenvalue weighted by Crippen LogP contribution is 2.23. The molecule has 2 aromatic rings. The molecule has 0 saturated carbocycles. The normalized spacial score (nSPS) is 10.4. The third-order valence-electron chi connectivity index (χ3n) is 2.10. The number of rotatable bonds is 2. The van der Waals surface area contributed by atoms with E-state index >= 15 is 0 Å². The average molecular weight is 221 g/mol. The Morgan fingerprint density at radius 2 is 2.19 bits per heavy atom. The van der Waals surface area contributed by atoms with Crippen molar-refractivity contribution in [1.29, 1.82) is 0 Å². The molecule has 0 atom stereocenters. The molecule has 0 radical (unpaired) electrons. The Balaban J connectivity index is 2.60. The van der Waals surface area contributed by atoms with Gasteiger partial charge in [-0.25, -0.2) is 9.07 Å². The van der Waals surface area contributed by atoms with Crippen LogP contribution >= 0.6 is 0 Å². The lowest BCUT2D eigenvalue weighted by Crippen LogP contribution is -2.01. The molecule has 0 aliphatic carbocycles. The number of benzene rings is 1. The van der Waals surface area contributed by atoms with Crippen LogP contribution in [0.3, 0.4) is 0 Å². The summed E-state index contributed by atoms with van der Waals surface area (Å²) in [6.45, 7) is 1.77. The Morgan fingerprint density at radius 3 is 2.75 bits per heavy atom. The molecule has 1 heterocycles. The van der Waals surface area contributed by atoms with Crippen molar-refractivity contribution in [1.82, 2.24) is 9.78 Å². The lowest BCUT2D eigenvalue weighted by Gasteiger charge is -2.02. The summed E-state index contributed by atoms with van der Waals surface area (Å²) in [5.74, 6) is -0.640. The van der Waals surface area contributed by atoms with Crippen molar-refractivity contribution < 1.29 is 9.31 Å². The maximum absolute atomic E-state index is 12.9. The first-order valence-electron chi connectivity index (χ1n) is 4.54. The van der Waals surface area contributed by atoms with E-state index in [4.69, 9.17) is 0 Å². The highest BCUT2D eigenvalue weighted by atomic mass is 19.1. The standard InChI is InChI=1S/C10H8FN3O2/c1-7-4-5-13(12-7)9-3-2-8(11)6-10(9)14(15)16/h2-6H,1H3. The third-order valence-corrected chi connectivity index (χ3v) is 2.10. The quantitative estimate of drug-likeness (QED) is 0.577. The molecule has 0 N–H and O–H groups in total. The molecule has 1 aromatic carbocycles. The molecule has 0 aliphatic rings. The van der Waals surface area contributed by atoms with Gasteiger partial charge < -0.3 is 0 Å². The van der Waals surface area contributed by atoms with Crippen LogP contribution in [-0.2, 0) is 0 Å². The Morgan fingerprint density at radius 1 is 1.44 bits per heavy atom. The van der Waals surface area contributed by atoms with Crippen LogP contribution in [0, 0.1) is 22.9 Å². The van der Waals surface area contributed by atoms with Crippen molar-refractivity contribution in [2.24, 2.45) is 0 Å². The van der Waals surface area contributed by atoms with Gasteiger partial charge in [-0.3, -0.25) is 10.1 Å². The Bertz CT molecular complexity index is 551. The smallest absolute Gasteiger partial charge is 0.258 e. The Kier molecular flexibility index (Phi) is 2.40. The number of halogens is 1. The van der Waals surface area contributed by atoms with Gasteiger partial charge in [0.15, 0.2) is 0 Å². The fourth-order valence-corrected chi connectivity index (χ4v) is 1.39. The van der Waals surface area contributed by atoms with Crippen LogP contribution in [0.4, 0.5) is 10.1 Å². The molecule has 16 heavy (non-hydrogen) atoms. The van der Waals surface area contributed by atoms with Gasteiger partial charge in [-0.05, 0) is 25.1 Å². The van der Waals surface area contributed by atoms with Crippen molar-refractivity contribution in [3.8, 4) is 5.69 Å². The van der Waals surface area contributed by atoms with Crippen molar-refractivity contribution in [2.75, 3.05) is 0 Å². The van der Waals surface area contributed by atoms with E-state index in [0.717, 1.165) is 11.8 Å². The van der Waals surface area contributed by atoms with Gasteiger partial charge in [0.05, 0.1) is 16.7 Å². The highest BCUT2D eigenvalue weighted by Gasteiger charge is 2.16. The van der Waals surface area contributed by atoms with E-state index in [1.807, 2.05) is 0 Å². The van der Waals surface area contributed by atoms with E-state index in [2.05, 4.69) is 5.10 Å². The second-order valence-electron chi connectivity index (χ2n) is 3.29. The van der Waals surface area contributed by atoms with E-state index < -0.39 is 10.7 Å². The predicted molar refractivity (Wildman–Crippen MR) is 54.9 cm³/mol. The zero-order valence-corrected chi connectivity index (χ0v) is 8.42. The molecule has 0 fully saturated rings. The van der Waals surface area contributed by atoms with Crippen molar-refractivity contribution in [3.05, 3.63) is 52.1 Å². The molecule has 6 heteroatoms. The summed E-state index contributed by atoms with van der Waals surface area (Å²) in [4.78, 5) is 10.1. The summed E-state index contributed by atoms with van der Waals surface area (Å²) in [5, 5.41) is 14.8. The van der Waals surface area contributed by atoms with Crippen molar-refractivity contribution in [2.45, 2.75) is 6.92 Å². The minimum atomic E-state index is -0.640. The first-order valence-corrected chi connectivity index (χ1v) is 4.54. The Hall–Kier alpha value is -2.24. The molecule has 0 unspecified atom stereocenters. The van der Waals surface area contributed by atoms with Gasteiger partial charge in [0, 0.05) is 6.20 Å². The van der Waals surface area contributed by atoms with Crippen LogP contribution in [0.2, 0.25) is 0 Å². The van der Waals surface area contributed by atoms with Crippen LogP contribution in [0.25, 0.3) is 5.69 Å². The minimum absolute atomic E-state index is 0.250. The molecular weight excluding hydrogens is 213 g/mol. The molecule has 5 nitrogen and oxygen atoms in total. The number of nitro groups is 1. The van der Waals surface area contributed by atoms with E-state index in [1.54, 1.807) is 19.2 Å². The second kappa shape index (κ2) is 3.73. The molecular formula is C10H8FN3O2. The minimum Gasteiger partial charge on any atom is -0.258 e. The van der Waals surface area contributed by atoms with E-state index in [0.29, 0.717) is 0 Å². The molecule has 0 bridgehead atoms. The van der Waals surface area contributed by atoms with Crippen molar-refractivity contribution >= 4 is 5.69 Å². The van der Waals surface area contributed by atoms with Gasteiger partial charge in [-0.15, -0.1) is 0 Å². The summed E-state index contributed by atoms with van der Waals surface area (Å²) in [6.07, 6.45) is 1.59. The molecule has 0 aliphatic heterocycles. The van der Waals surface area contributed by atoms with Gasteiger partial charge in [-0.1, -0.05) is 0 Å². The maximum atomic E-state index is 12.9. The van der Waals surface area contributed by atoms with Crippen LogP contribution in [0.5, 0.6) is 0 Å². The second-order valence-corrected chi connectivity index (χ2v) is 3.29. The maximum Gasteiger partial charge on any atom is 0.297 e. The zero-order chi connectivity index (χ0) is 11.7. The number of nitrogens with zero attached hydrogens (tertiary/aromatic N) is 3. The van der Waals surface area contributed by atoms with Crippen LogP contribution in [0.15, 0.2) is 30.5 Å². The molecule has 82 valence electrons. The largest absolute Gasteiger partial charge is 0.297 e. The van der Waals surface area contributed by atoms with Crippen LogP contribution in [-0.4, -0.2) is 14.7 Å². The number of aryl methyl sites for hydroxylation is 1. The van der Waals surface area contributed by atoms with Gasteiger partial charge in [0.2, 0.25) is 0 Å². The van der Waals surface area contributed by atoms with Crippen molar-refractivity contribution in [3.63, 3.8) is 0 Å². The van der Waals surface area contributed by atoms with Gasteiger partial charge in [-0.2, -0.15) is 5.10 Å². The van der Waals surface area contributed by atoms with Crippen LogP contribution in [0.1, 0.15) is 5.69 Å². The number of hydrogen-bond acceptors (Lipinski definition) is 3. The lowest BCUT2D eigenvalue weighted by atomic mass is 10.2. The van der Waals surface area contributed by atoms with E-state index in [9.17, 15) is 14.5 Å². The third kappa shape index (κ3) is 1.77. The predicted octanol–water partition coefficient (Wildman–Crippen LogP) is 2.23. The fraction of sp³-hybridized carbons (Fsp3) is 0.100. The summed E-state index contributed by atoms with van der Waals surface area (Å²) in [6, 6.07) is 5.10. The first kappa shape index (κ1) is 10.3. The van der Waals surface area contributed by atoms with Crippen LogP contribution < -0.4 is 0 Å². The summed E-state index contributed by atoms with van der Waals surface area (Å²) < 4.78 is 14.2. The topological polar surface area (TPSA) is 61.0 Å². The molecule has 2 rings (SSSR count). The highest BCUT2D eigenvalue weighted by molar-refractivity contribution is 5.51. The van der Waals surface area contributed by atoms with E-state index in [1.165, 1.54) is 16.8 Å².